The highest BCUT2D eigenvalue weighted by molar-refractivity contribution is 7.13. The molecular formula is C21H26FN5O2S. The minimum atomic E-state index is -0.582. The number of nitrogens with one attached hydrogen (secondary N) is 1. The van der Waals surface area contributed by atoms with E-state index in [-0.39, 0.29) is 17.7 Å². The average Bonchev–Trinajstić information content (AvgIpc) is 3.16. The molecule has 0 spiro atoms. The molecule has 2 heterocycles. The molecule has 1 saturated heterocycles. The summed E-state index contributed by atoms with van der Waals surface area (Å²) < 4.78 is 18.7. The van der Waals surface area contributed by atoms with Gasteiger partial charge in [-0.3, -0.25) is 15.3 Å². The molecule has 30 heavy (non-hydrogen) atoms. The molecule has 0 saturated carbocycles. The molecular weight excluding hydrogens is 405 g/mol. The minimum Gasteiger partial charge on any atom is -0.444 e. The molecule has 1 unspecified atom stereocenters. The van der Waals surface area contributed by atoms with Crippen molar-refractivity contribution in [2.75, 3.05) is 20.1 Å². The van der Waals surface area contributed by atoms with E-state index in [0.29, 0.717) is 29.6 Å². The molecule has 7 nitrogen and oxygen atoms in total. The highest BCUT2D eigenvalue weighted by Gasteiger charge is 2.36. The second-order valence-electron chi connectivity index (χ2n) is 7.98. The highest BCUT2D eigenvalue weighted by Crippen LogP contribution is 2.26. The maximum atomic E-state index is 13.2. The van der Waals surface area contributed by atoms with Gasteiger partial charge in [0.05, 0.1) is 6.04 Å². The van der Waals surface area contributed by atoms with Gasteiger partial charge in [0.1, 0.15) is 28.0 Å². The second-order valence-corrected chi connectivity index (χ2v) is 8.83. The summed E-state index contributed by atoms with van der Waals surface area (Å²) in [6.45, 7) is 8.19. The van der Waals surface area contributed by atoms with E-state index in [2.05, 4.69) is 9.98 Å². The summed E-state index contributed by atoms with van der Waals surface area (Å²) in [4.78, 5) is 24.9. The smallest absolute Gasteiger partial charge is 0.410 e. The number of carbonyl (C=O) groups excluding carboxylic acids is 1. The quantitative estimate of drug-likeness (QED) is 0.569. The van der Waals surface area contributed by atoms with Crippen molar-refractivity contribution in [1.82, 2.24) is 14.8 Å². The zero-order valence-electron chi connectivity index (χ0n) is 17.8. The van der Waals surface area contributed by atoms with Crippen LogP contribution in [0, 0.1) is 11.2 Å². The maximum Gasteiger partial charge on any atom is 0.410 e. The second kappa shape index (κ2) is 8.51. The summed E-state index contributed by atoms with van der Waals surface area (Å²) in [5.74, 6) is 0.522. The van der Waals surface area contributed by atoms with Crippen LogP contribution in [0.4, 0.5) is 9.18 Å². The summed E-state index contributed by atoms with van der Waals surface area (Å²) in [6, 6.07) is 5.78. The third-order valence-corrected chi connectivity index (χ3v) is 5.54. The topological polar surface area (TPSA) is 81.9 Å². The number of ether oxygens (including phenoxy) is 1. The molecule has 1 aliphatic rings. The molecule has 3 rings (SSSR count). The van der Waals surface area contributed by atoms with Crippen LogP contribution in [0.25, 0.3) is 10.6 Å². The molecule has 1 atom stereocenters. The van der Waals surface area contributed by atoms with Crippen molar-refractivity contribution < 1.29 is 13.9 Å². The first-order valence-electron chi connectivity index (χ1n) is 9.65. The Bertz CT molecular complexity index is 965. The van der Waals surface area contributed by atoms with Crippen LogP contribution in [0.5, 0.6) is 0 Å². The van der Waals surface area contributed by atoms with Gasteiger partial charge in [-0.05, 0) is 52.0 Å². The van der Waals surface area contributed by atoms with E-state index in [4.69, 9.17) is 10.1 Å². The minimum absolute atomic E-state index is 0.218. The number of halogens is 1. The summed E-state index contributed by atoms with van der Waals surface area (Å²) in [7, 11) is 1.65. The lowest BCUT2D eigenvalue weighted by Crippen LogP contribution is -2.59. The van der Waals surface area contributed by atoms with Crippen LogP contribution in [-0.2, 0) is 4.74 Å². The molecule has 1 fully saturated rings. The summed E-state index contributed by atoms with van der Waals surface area (Å²) >= 11 is 1.40. The van der Waals surface area contributed by atoms with E-state index in [1.165, 1.54) is 23.5 Å². The lowest BCUT2D eigenvalue weighted by molar-refractivity contribution is 0.0190. The number of aromatic nitrogens is 1. The van der Waals surface area contributed by atoms with Crippen molar-refractivity contribution in [3.63, 3.8) is 0 Å². The monoisotopic (exact) mass is 431 g/mol. The van der Waals surface area contributed by atoms with E-state index in [0.717, 1.165) is 5.56 Å². The lowest BCUT2D eigenvalue weighted by Gasteiger charge is -2.41. The molecule has 1 N–H and O–H groups in total. The third kappa shape index (κ3) is 4.67. The van der Waals surface area contributed by atoms with Crippen molar-refractivity contribution in [1.29, 1.82) is 5.41 Å². The average molecular weight is 432 g/mol. The van der Waals surface area contributed by atoms with Crippen molar-refractivity contribution >= 4 is 29.1 Å². The van der Waals surface area contributed by atoms with Gasteiger partial charge >= 0.3 is 6.09 Å². The lowest BCUT2D eigenvalue weighted by atomic mass is 10.1. The van der Waals surface area contributed by atoms with Crippen LogP contribution in [0.2, 0.25) is 0 Å². The molecule has 0 aliphatic carbocycles. The number of carbonyl (C=O) groups is 1. The van der Waals surface area contributed by atoms with E-state index in [9.17, 15) is 9.18 Å². The molecule has 1 aliphatic heterocycles. The predicted octanol–water partition coefficient (Wildman–Crippen LogP) is 4.24. The Morgan fingerprint density at radius 2 is 1.97 bits per heavy atom. The normalized spacial score (nSPS) is 18.6. The number of hydrogen-bond acceptors (Lipinski definition) is 6. The number of thiazole rings is 1. The highest BCUT2D eigenvalue weighted by atomic mass is 32.1. The molecule has 1 aromatic carbocycles. The van der Waals surface area contributed by atoms with Gasteiger partial charge in [0.25, 0.3) is 0 Å². The van der Waals surface area contributed by atoms with Crippen LogP contribution < -0.4 is 0 Å². The molecule has 9 heteroatoms. The zero-order chi connectivity index (χ0) is 22.1. The first-order chi connectivity index (χ1) is 14.1. The Morgan fingerprint density at radius 1 is 1.30 bits per heavy atom. The predicted molar refractivity (Wildman–Crippen MR) is 117 cm³/mol. The van der Waals surface area contributed by atoms with E-state index in [1.54, 1.807) is 34.4 Å². The van der Waals surface area contributed by atoms with Gasteiger partial charge in [0.2, 0.25) is 0 Å². The van der Waals surface area contributed by atoms with Gasteiger partial charge in [-0.15, -0.1) is 11.3 Å². The van der Waals surface area contributed by atoms with Crippen molar-refractivity contribution in [2.24, 2.45) is 4.99 Å². The van der Waals surface area contributed by atoms with Gasteiger partial charge in [0.15, 0.2) is 5.84 Å². The molecule has 160 valence electrons. The molecule has 1 aromatic heterocycles. The van der Waals surface area contributed by atoms with Crippen LogP contribution in [0.1, 0.15) is 33.4 Å². The van der Waals surface area contributed by atoms with Gasteiger partial charge in [-0.25, -0.2) is 14.2 Å². The van der Waals surface area contributed by atoms with Gasteiger partial charge in [0, 0.05) is 31.1 Å². The van der Waals surface area contributed by atoms with Gasteiger partial charge in [-0.1, -0.05) is 0 Å². The summed E-state index contributed by atoms with van der Waals surface area (Å²) in [6.07, 6.45) is -0.394. The van der Waals surface area contributed by atoms with Crippen LogP contribution in [-0.4, -0.2) is 64.3 Å². The van der Waals surface area contributed by atoms with E-state index >= 15 is 0 Å². The fourth-order valence-electron chi connectivity index (χ4n) is 3.23. The van der Waals surface area contributed by atoms with E-state index in [1.807, 2.05) is 27.7 Å². The number of rotatable bonds is 2. The molecule has 2 aromatic rings. The Hall–Kier alpha value is -2.81. The fourth-order valence-corrected chi connectivity index (χ4v) is 4.04. The number of nitrogens with zero attached hydrogens (tertiary/aromatic N) is 4. The number of hydrogen-bond donors (Lipinski definition) is 1. The Morgan fingerprint density at radius 3 is 2.57 bits per heavy atom. The van der Waals surface area contributed by atoms with Crippen molar-refractivity contribution in [2.45, 2.75) is 39.3 Å². The first-order valence-corrected chi connectivity index (χ1v) is 10.5. The summed E-state index contributed by atoms with van der Waals surface area (Å²) in [5, 5.41) is 11.2. The van der Waals surface area contributed by atoms with Crippen LogP contribution in [0.3, 0.4) is 0 Å². The van der Waals surface area contributed by atoms with E-state index < -0.39 is 11.7 Å². The van der Waals surface area contributed by atoms with Crippen molar-refractivity contribution in [3.8, 4) is 10.6 Å². The standard InChI is InChI=1S/C21H26FN5O2S/c1-13-18(24-5)27(11-10-26(13)20(28)29-21(2,3)4)17(23)16-12-30-19(25-16)14-6-8-15(22)9-7-14/h6-9,12-13,23H,10-11H2,1-5H3. The molecule has 0 bridgehead atoms. The maximum absolute atomic E-state index is 13.2. The number of amidine groups is 2. The third-order valence-electron chi connectivity index (χ3n) is 4.65. The fraction of sp³-hybridized carbons (Fsp3) is 0.429. The van der Waals surface area contributed by atoms with Crippen molar-refractivity contribution in [3.05, 3.63) is 41.2 Å². The zero-order valence-corrected chi connectivity index (χ0v) is 18.6. The summed E-state index contributed by atoms with van der Waals surface area (Å²) in [5.41, 5.74) is 0.730. The Balaban J connectivity index is 1.77. The Labute approximate surface area is 179 Å². The first kappa shape index (κ1) is 21.9. The van der Waals surface area contributed by atoms with Gasteiger partial charge in [-0.2, -0.15) is 0 Å². The van der Waals surface area contributed by atoms with Crippen LogP contribution >= 0.6 is 11.3 Å². The number of amides is 1. The largest absolute Gasteiger partial charge is 0.444 e. The SMILES string of the molecule is CN=C1C(C)N(C(=O)OC(C)(C)C)CCN1C(=N)c1csc(-c2ccc(F)cc2)n1. The van der Waals surface area contributed by atoms with Gasteiger partial charge < -0.3 is 9.64 Å². The number of aliphatic imine (C=N–C) groups is 1. The van der Waals surface area contributed by atoms with Crippen LogP contribution in [0.15, 0.2) is 34.6 Å². The molecule has 0 radical (unpaired) electrons. The molecule has 1 amide bonds. The number of benzene rings is 1. The Kier molecular flexibility index (Phi) is 6.21. The number of piperazine rings is 1.